The summed E-state index contributed by atoms with van der Waals surface area (Å²) in [7, 11) is 0. The van der Waals surface area contributed by atoms with Crippen LogP contribution in [0.5, 0.6) is 0 Å². The van der Waals surface area contributed by atoms with E-state index in [0.29, 0.717) is 9.98 Å². The molecule has 3 aromatic rings. The number of fused-ring (bicyclic) bond motifs is 1. The van der Waals surface area contributed by atoms with Crippen LogP contribution >= 0.6 is 22.9 Å². The lowest BCUT2D eigenvalue weighted by atomic mass is 10.2. The number of thiazole rings is 1. The van der Waals surface area contributed by atoms with Gasteiger partial charge >= 0.3 is 0 Å². The number of hydrogen-bond acceptors (Lipinski definition) is 4. The van der Waals surface area contributed by atoms with Gasteiger partial charge in [0.15, 0.2) is 4.96 Å². The van der Waals surface area contributed by atoms with Gasteiger partial charge in [-0.15, -0.1) is 11.3 Å². The highest BCUT2D eigenvalue weighted by atomic mass is 35.5. The molecule has 0 atom stereocenters. The van der Waals surface area contributed by atoms with Crippen molar-refractivity contribution < 1.29 is 0 Å². The summed E-state index contributed by atoms with van der Waals surface area (Å²) in [4.78, 5) is 16.7. The molecular weight excluding hydrogens is 270 g/mol. The summed E-state index contributed by atoms with van der Waals surface area (Å²) in [6.07, 6.45) is 0. The maximum Gasteiger partial charge on any atom is 0.261 e. The molecule has 0 aliphatic carbocycles. The fourth-order valence-corrected chi connectivity index (χ4v) is 2.79. The van der Waals surface area contributed by atoms with Gasteiger partial charge in [0.05, 0.1) is 5.69 Å². The van der Waals surface area contributed by atoms with E-state index in [1.54, 1.807) is 16.5 Å². The second-order valence-electron chi connectivity index (χ2n) is 3.77. The minimum atomic E-state index is -0.177. The maximum atomic E-state index is 11.9. The summed E-state index contributed by atoms with van der Waals surface area (Å²) in [5.74, 6) is 0.240. The average molecular weight is 278 g/mol. The fraction of sp³-hybridized carbons (Fsp3) is 0. The van der Waals surface area contributed by atoms with Crippen LogP contribution in [0.1, 0.15) is 0 Å². The Morgan fingerprint density at radius 2 is 2.00 bits per heavy atom. The summed E-state index contributed by atoms with van der Waals surface area (Å²) in [5.41, 5.74) is 7.09. The van der Waals surface area contributed by atoms with Gasteiger partial charge in [-0.3, -0.25) is 9.20 Å². The first kappa shape index (κ1) is 11.3. The molecular formula is C12H8ClN3OS. The van der Waals surface area contributed by atoms with Crippen molar-refractivity contribution >= 4 is 33.7 Å². The number of aromatic nitrogens is 2. The molecule has 0 saturated heterocycles. The quantitative estimate of drug-likeness (QED) is 0.744. The topological polar surface area (TPSA) is 60.4 Å². The van der Waals surface area contributed by atoms with E-state index in [4.69, 9.17) is 17.3 Å². The maximum absolute atomic E-state index is 11.9. The predicted molar refractivity (Wildman–Crippen MR) is 74.2 cm³/mol. The van der Waals surface area contributed by atoms with Crippen LogP contribution in [0.15, 0.2) is 40.5 Å². The Hall–Kier alpha value is -1.85. The first-order valence-corrected chi connectivity index (χ1v) is 6.43. The van der Waals surface area contributed by atoms with Gasteiger partial charge in [-0.2, -0.15) is 0 Å². The van der Waals surface area contributed by atoms with Crippen molar-refractivity contribution in [1.82, 2.24) is 9.38 Å². The predicted octanol–water partition coefficient (Wildman–Crippen LogP) is 2.66. The number of nitrogens with zero attached hydrogens (tertiary/aromatic N) is 2. The summed E-state index contributed by atoms with van der Waals surface area (Å²) in [6.45, 7) is 0. The van der Waals surface area contributed by atoms with E-state index in [-0.39, 0.29) is 11.4 Å². The number of halogens is 1. The van der Waals surface area contributed by atoms with Gasteiger partial charge in [0.2, 0.25) is 0 Å². The van der Waals surface area contributed by atoms with Crippen molar-refractivity contribution in [2.45, 2.75) is 0 Å². The van der Waals surface area contributed by atoms with Crippen LogP contribution in [-0.2, 0) is 0 Å². The zero-order chi connectivity index (χ0) is 12.7. The van der Waals surface area contributed by atoms with E-state index in [1.165, 1.54) is 17.4 Å². The van der Waals surface area contributed by atoms with E-state index >= 15 is 0 Å². The Morgan fingerprint density at radius 3 is 2.72 bits per heavy atom. The molecule has 0 amide bonds. The summed E-state index contributed by atoms with van der Waals surface area (Å²) in [6, 6.07) is 8.63. The Balaban J connectivity index is 2.30. The molecule has 0 fully saturated rings. The van der Waals surface area contributed by atoms with E-state index in [9.17, 15) is 4.79 Å². The molecule has 3 rings (SSSR count). The van der Waals surface area contributed by atoms with Gasteiger partial charge in [0, 0.05) is 16.5 Å². The number of benzene rings is 1. The van der Waals surface area contributed by atoms with Crippen molar-refractivity contribution in [3.8, 4) is 11.3 Å². The smallest absolute Gasteiger partial charge is 0.261 e. The largest absolute Gasteiger partial charge is 0.383 e. The van der Waals surface area contributed by atoms with Crippen molar-refractivity contribution in [2.24, 2.45) is 0 Å². The zero-order valence-electron chi connectivity index (χ0n) is 9.13. The third kappa shape index (κ3) is 1.77. The van der Waals surface area contributed by atoms with Gasteiger partial charge in [0.1, 0.15) is 5.82 Å². The van der Waals surface area contributed by atoms with E-state index in [1.807, 2.05) is 17.5 Å². The Morgan fingerprint density at radius 1 is 1.28 bits per heavy atom. The van der Waals surface area contributed by atoms with Crippen LogP contribution in [0, 0.1) is 0 Å². The Bertz CT molecular complexity index is 776. The molecule has 0 unspecified atom stereocenters. The number of rotatable bonds is 1. The van der Waals surface area contributed by atoms with E-state index in [2.05, 4.69) is 4.98 Å². The SMILES string of the molecule is Nc1cc(=O)n2c(-c3ccc(Cl)cc3)csc2n1. The highest BCUT2D eigenvalue weighted by molar-refractivity contribution is 7.15. The fourth-order valence-electron chi connectivity index (χ4n) is 1.76. The Kier molecular flexibility index (Phi) is 2.57. The summed E-state index contributed by atoms with van der Waals surface area (Å²) < 4.78 is 1.55. The first-order chi connectivity index (χ1) is 8.65. The molecule has 90 valence electrons. The minimum absolute atomic E-state index is 0.177. The van der Waals surface area contributed by atoms with Gasteiger partial charge in [-0.25, -0.2) is 4.98 Å². The lowest BCUT2D eigenvalue weighted by Gasteiger charge is -2.01. The lowest BCUT2D eigenvalue weighted by Crippen LogP contribution is -2.14. The molecule has 2 aromatic heterocycles. The molecule has 4 nitrogen and oxygen atoms in total. The standard InChI is InChI=1S/C12H8ClN3OS/c13-8-3-1-7(2-4-8)9-6-18-12-15-10(14)5-11(17)16(9)12/h1-6H,14H2. The van der Waals surface area contributed by atoms with Crippen LogP contribution in [-0.4, -0.2) is 9.38 Å². The molecule has 6 heteroatoms. The molecule has 2 heterocycles. The number of nitrogens with two attached hydrogens (primary N) is 1. The van der Waals surface area contributed by atoms with Crippen molar-refractivity contribution in [3.63, 3.8) is 0 Å². The molecule has 0 spiro atoms. The number of anilines is 1. The summed E-state index contributed by atoms with van der Waals surface area (Å²) >= 11 is 7.23. The Labute approximate surface area is 111 Å². The highest BCUT2D eigenvalue weighted by Crippen LogP contribution is 2.25. The van der Waals surface area contributed by atoms with Gasteiger partial charge in [0.25, 0.3) is 5.56 Å². The molecule has 2 N–H and O–H groups in total. The van der Waals surface area contributed by atoms with Gasteiger partial charge in [-0.1, -0.05) is 23.7 Å². The number of hydrogen-bond donors (Lipinski definition) is 1. The zero-order valence-corrected chi connectivity index (χ0v) is 10.7. The van der Waals surface area contributed by atoms with Crippen molar-refractivity contribution in [1.29, 1.82) is 0 Å². The molecule has 1 aromatic carbocycles. The second kappa shape index (κ2) is 4.12. The molecule has 0 aliphatic heterocycles. The van der Waals surface area contributed by atoms with E-state index in [0.717, 1.165) is 11.3 Å². The molecule has 0 bridgehead atoms. The van der Waals surface area contributed by atoms with Crippen LogP contribution in [0.2, 0.25) is 5.02 Å². The van der Waals surface area contributed by atoms with Gasteiger partial charge in [-0.05, 0) is 17.7 Å². The molecule has 0 saturated carbocycles. The van der Waals surface area contributed by atoms with Crippen LogP contribution in [0.4, 0.5) is 5.82 Å². The molecule has 0 radical (unpaired) electrons. The van der Waals surface area contributed by atoms with Crippen molar-refractivity contribution in [3.05, 3.63) is 51.1 Å². The third-order valence-corrected chi connectivity index (χ3v) is 3.64. The van der Waals surface area contributed by atoms with E-state index < -0.39 is 0 Å². The minimum Gasteiger partial charge on any atom is -0.383 e. The average Bonchev–Trinajstić information content (AvgIpc) is 2.74. The first-order valence-electron chi connectivity index (χ1n) is 5.18. The van der Waals surface area contributed by atoms with Crippen LogP contribution < -0.4 is 11.3 Å². The van der Waals surface area contributed by atoms with Crippen LogP contribution in [0.25, 0.3) is 16.2 Å². The third-order valence-electron chi connectivity index (χ3n) is 2.56. The molecule has 0 aliphatic rings. The van der Waals surface area contributed by atoms with Crippen molar-refractivity contribution in [2.75, 3.05) is 5.73 Å². The normalized spacial score (nSPS) is 10.9. The summed E-state index contributed by atoms with van der Waals surface area (Å²) in [5, 5.41) is 2.54. The lowest BCUT2D eigenvalue weighted by molar-refractivity contribution is 1.09. The molecule has 18 heavy (non-hydrogen) atoms. The second-order valence-corrected chi connectivity index (χ2v) is 5.04. The van der Waals surface area contributed by atoms with Crippen LogP contribution in [0.3, 0.4) is 0 Å². The highest BCUT2D eigenvalue weighted by Gasteiger charge is 2.09. The monoisotopic (exact) mass is 277 g/mol. The number of nitrogen functional groups attached to an aromatic ring is 1. The van der Waals surface area contributed by atoms with Gasteiger partial charge < -0.3 is 5.73 Å².